The fourth-order valence-electron chi connectivity index (χ4n) is 5.78. The average molecular weight is 1060 g/mol. The highest BCUT2D eigenvalue weighted by Crippen LogP contribution is 2.30. The van der Waals surface area contributed by atoms with E-state index in [4.69, 9.17) is 62.7 Å². The first-order chi connectivity index (χ1) is 34.4. The van der Waals surface area contributed by atoms with E-state index in [1.54, 1.807) is 73.8 Å². The van der Waals surface area contributed by atoms with Crippen LogP contribution in [0.15, 0.2) is 178 Å². The SMILES string of the molecule is NS(=O)(=O)c1cc(C(=O)O)c(NCc2ccco2)cc1Cl.NS(=O)(=O)c1cc(C(=O)O)c(NCc2ccco2)cc1Cl.OCCCCO.c1cc(-c2ccncc2)ccn1.c1cc(-c2ccncc2)ccn1. The smallest absolute Gasteiger partial charge is 0.337 e. The van der Waals surface area contributed by atoms with Gasteiger partial charge < -0.3 is 39.9 Å². The van der Waals surface area contributed by atoms with Gasteiger partial charge in [0.25, 0.3) is 0 Å². The summed E-state index contributed by atoms with van der Waals surface area (Å²) in [5, 5.41) is 49.8. The minimum Gasteiger partial charge on any atom is -0.478 e. The van der Waals surface area contributed by atoms with Crippen LogP contribution in [-0.2, 0) is 33.1 Å². The fraction of sp³-hybridized carbons (Fsp3) is 0.125. The van der Waals surface area contributed by atoms with E-state index >= 15 is 0 Å². The molecule has 2 aromatic carbocycles. The highest BCUT2D eigenvalue weighted by molar-refractivity contribution is 7.89. The number of anilines is 2. The lowest BCUT2D eigenvalue weighted by Gasteiger charge is -2.11. The summed E-state index contributed by atoms with van der Waals surface area (Å²) in [6, 6.07) is 26.9. The van der Waals surface area contributed by atoms with Crippen LogP contribution in [0.5, 0.6) is 0 Å². The van der Waals surface area contributed by atoms with E-state index in [2.05, 4.69) is 30.6 Å². The third-order valence-electron chi connectivity index (χ3n) is 9.24. The van der Waals surface area contributed by atoms with Crippen LogP contribution in [0.2, 0.25) is 10.0 Å². The Morgan fingerprint density at radius 1 is 0.514 bits per heavy atom. The van der Waals surface area contributed by atoms with Crippen LogP contribution in [0.1, 0.15) is 45.1 Å². The summed E-state index contributed by atoms with van der Waals surface area (Å²) < 4.78 is 55.6. The number of rotatable bonds is 15. The maximum Gasteiger partial charge on any atom is 0.337 e. The number of aromatic carboxylic acids is 2. The number of hydrogen-bond acceptors (Lipinski definition) is 16. The second-order valence-corrected chi connectivity index (χ2v) is 18.2. The second kappa shape index (κ2) is 29.0. The van der Waals surface area contributed by atoms with Crippen LogP contribution >= 0.6 is 23.2 Å². The van der Waals surface area contributed by atoms with Gasteiger partial charge in [0.15, 0.2) is 0 Å². The number of pyridine rings is 4. The van der Waals surface area contributed by atoms with Crippen LogP contribution < -0.4 is 20.9 Å². The molecular formula is C48H48Cl2N8O12S2. The Labute approximate surface area is 424 Å². The number of nitrogens with two attached hydrogens (primary N) is 2. The molecule has 0 aliphatic heterocycles. The molecule has 8 aromatic rings. The first-order valence-corrected chi connectivity index (χ1v) is 24.8. The molecule has 24 heteroatoms. The van der Waals surface area contributed by atoms with Crippen molar-refractivity contribution in [1.29, 1.82) is 0 Å². The van der Waals surface area contributed by atoms with Crippen LogP contribution in [0.4, 0.5) is 11.4 Å². The normalized spacial score (nSPS) is 10.6. The Balaban J connectivity index is 0.000000206. The number of aliphatic hydroxyl groups excluding tert-OH is 2. The number of unbranched alkanes of at least 4 members (excludes halogenated alkanes) is 1. The van der Waals surface area contributed by atoms with Gasteiger partial charge in [-0.2, -0.15) is 0 Å². The molecule has 8 rings (SSSR count). The number of carboxylic acid groups (broad SMARTS) is 2. The number of hydrogen-bond donors (Lipinski definition) is 8. The number of benzene rings is 2. The predicted octanol–water partition coefficient (Wildman–Crippen LogP) is 7.82. The lowest BCUT2D eigenvalue weighted by atomic mass is 10.1. The minimum absolute atomic E-state index is 0.163. The predicted molar refractivity (Wildman–Crippen MR) is 270 cm³/mol. The summed E-state index contributed by atoms with van der Waals surface area (Å²) in [6.07, 6.45) is 18.7. The monoisotopic (exact) mass is 1060 g/mol. The van der Waals surface area contributed by atoms with E-state index < -0.39 is 41.8 Å². The van der Waals surface area contributed by atoms with Gasteiger partial charge in [0, 0.05) is 62.8 Å². The van der Waals surface area contributed by atoms with Gasteiger partial charge in [-0.25, -0.2) is 36.7 Å². The first-order valence-electron chi connectivity index (χ1n) is 21.0. The molecule has 0 saturated heterocycles. The van der Waals surface area contributed by atoms with Crippen LogP contribution in [-0.4, -0.2) is 82.3 Å². The van der Waals surface area contributed by atoms with Gasteiger partial charge in [0.05, 0.1) is 58.2 Å². The topological polar surface area (TPSA) is 337 Å². The Bertz CT molecular complexity index is 2840. The van der Waals surface area contributed by atoms with Crippen molar-refractivity contribution in [2.24, 2.45) is 10.3 Å². The molecule has 0 aliphatic rings. The Hall–Kier alpha value is -7.54. The molecule has 0 amide bonds. The van der Waals surface area contributed by atoms with Gasteiger partial charge in [0.1, 0.15) is 21.3 Å². The van der Waals surface area contributed by atoms with Crippen molar-refractivity contribution in [1.82, 2.24) is 19.9 Å². The van der Waals surface area contributed by atoms with Crippen LogP contribution in [0.25, 0.3) is 22.3 Å². The summed E-state index contributed by atoms with van der Waals surface area (Å²) >= 11 is 11.7. The maximum absolute atomic E-state index is 11.3. The van der Waals surface area contributed by atoms with E-state index in [0.717, 1.165) is 25.0 Å². The van der Waals surface area contributed by atoms with Crippen molar-refractivity contribution in [2.75, 3.05) is 23.8 Å². The fourth-order valence-corrected chi connectivity index (χ4v) is 7.98. The number of furan rings is 2. The molecular weight excluding hydrogens is 1020 g/mol. The Kier molecular flexibility index (Phi) is 22.9. The molecule has 378 valence electrons. The molecule has 10 N–H and O–H groups in total. The molecule has 0 radical (unpaired) electrons. The molecule has 0 atom stereocenters. The summed E-state index contributed by atoms with van der Waals surface area (Å²) in [6.45, 7) is 0.831. The van der Waals surface area contributed by atoms with Gasteiger partial charge >= 0.3 is 11.9 Å². The highest BCUT2D eigenvalue weighted by atomic mass is 35.5. The van der Waals surface area contributed by atoms with E-state index in [9.17, 15) is 26.4 Å². The number of halogens is 2. The van der Waals surface area contributed by atoms with Gasteiger partial charge in [-0.1, -0.05) is 23.2 Å². The van der Waals surface area contributed by atoms with E-state index in [1.165, 1.54) is 46.9 Å². The third kappa shape index (κ3) is 19.0. The van der Waals surface area contributed by atoms with Crippen molar-refractivity contribution < 1.29 is 55.7 Å². The zero-order chi connectivity index (χ0) is 52.5. The molecule has 6 aromatic heterocycles. The number of nitrogens with one attached hydrogen (secondary N) is 2. The quantitative estimate of drug-likeness (QED) is 0.0453. The first kappa shape index (κ1) is 57.0. The maximum atomic E-state index is 11.3. The average Bonchev–Trinajstić information content (AvgIpc) is 4.11. The van der Waals surface area contributed by atoms with Gasteiger partial charge in [0.2, 0.25) is 20.0 Å². The molecule has 72 heavy (non-hydrogen) atoms. The van der Waals surface area contributed by atoms with E-state index in [-0.39, 0.29) is 58.9 Å². The van der Waals surface area contributed by atoms with Gasteiger partial charge in [-0.15, -0.1) is 0 Å². The van der Waals surface area contributed by atoms with Gasteiger partial charge in [-0.3, -0.25) is 19.9 Å². The minimum atomic E-state index is -4.11. The number of carbonyl (C=O) groups is 2. The van der Waals surface area contributed by atoms with E-state index in [1.807, 2.05) is 48.5 Å². The molecule has 0 saturated carbocycles. The number of aromatic nitrogens is 4. The van der Waals surface area contributed by atoms with Crippen molar-refractivity contribution in [3.05, 3.63) is 192 Å². The largest absolute Gasteiger partial charge is 0.478 e. The third-order valence-corrected chi connectivity index (χ3v) is 12.0. The number of aliphatic hydroxyl groups is 2. The Morgan fingerprint density at radius 2 is 0.806 bits per heavy atom. The molecule has 0 aliphatic carbocycles. The zero-order valence-corrected chi connectivity index (χ0v) is 41.0. The molecule has 0 spiro atoms. The van der Waals surface area contributed by atoms with Crippen LogP contribution in [0, 0.1) is 0 Å². The number of primary sulfonamides is 2. The highest BCUT2D eigenvalue weighted by Gasteiger charge is 2.22. The van der Waals surface area contributed by atoms with Crippen molar-refractivity contribution in [3.8, 4) is 22.3 Å². The molecule has 0 unspecified atom stereocenters. The van der Waals surface area contributed by atoms with Crippen molar-refractivity contribution in [3.63, 3.8) is 0 Å². The zero-order valence-electron chi connectivity index (χ0n) is 37.8. The lowest BCUT2D eigenvalue weighted by Crippen LogP contribution is -2.15. The molecule has 6 heterocycles. The second-order valence-electron chi connectivity index (χ2n) is 14.3. The van der Waals surface area contributed by atoms with Crippen molar-refractivity contribution >= 4 is 66.6 Å². The number of carboxylic acids is 2. The summed E-state index contributed by atoms with van der Waals surface area (Å²) in [4.78, 5) is 37.4. The van der Waals surface area contributed by atoms with Gasteiger partial charge in [-0.05, 0) is 132 Å². The van der Waals surface area contributed by atoms with Crippen molar-refractivity contribution in [2.45, 2.75) is 35.7 Å². The number of nitrogens with zero attached hydrogens (tertiary/aromatic N) is 4. The number of sulfonamides is 2. The standard InChI is InChI=1S/2C12H11ClN2O5S.2C10H8N2.C4H10O2/c2*13-9-5-10(15-6-7-2-1-3-20-7)8(12(16)17)4-11(9)21(14,18)19;2*1-5-11-6-2-9(1)10-3-7-12-8-4-10;5-3-1-2-4-6/h2*1-5,15H,6H2,(H,16,17)(H2,14,18,19);2*1-8H;5-6H,1-4H2. The molecule has 20 nitrogen and oxygen atoms in total. The summed E-state index contributed by atoms with van der Waals surface area (Å²) in [5.74, 6) is -1.45. The lowest BCUT2D eigenvalue weighted by molar-refractivity contribution is 0.0686. The van der Waals surface area contributed by atoms with E-state index in [0.29, 0.717) is 11.5 Å². The van der Waals surface area contributed by atoms with Crippen LogP contribution in [0.3, 0.4) is 0 Å². The molecule has 0 bridgehead atoms. The molecule has 0 fully saturated rings. The summed E-state index contributed by atoms with van der Waals surface area (Å²) in [5.41, 5.74) is 4.51. The summed E-state index contributed by atoms with van der Waals surface area (Å²) in [7, 11) is -8.21. The Morgan fingerprint density at radius 3 is 1.03 bits per heavy atom.